The number of aromatic nitrogens is 2. The van der Waals surface area contributed by atoms with Gasteiger partial charge in [-0.15, -0.1) is 0 Å². The first-order valence-electron chi connectivity index (χ1n) is 7.07. The van der Waals surface area contributed by atoms with Crippen LogP contribution in [0.4, 0.5) is 5.95 Å². The maximum absolute atomic E-state index is 5.25. The van der Waals surface area contributed by atoms with Gasteiger partial charge in [0.2, 0.25) is 5.95 Å². The number of rotatable bonds is 6. The molecule has 0 aliphatic rings. The number of ether oxygens (including phenoxy) is 1. The van der Waals surface area contributed by atoms with E-state index in [0.29, 0.717) is 6.61 Å². The number of halogens is 1. The van der Waals surface area contributed by atoms with Crippen LogP contribution in [-0.4, -0.2) is 23.3 Å². The van der Waals surface area contributed by atoms with Crippen molar-refractivity contribution in [3.8, 4) is 0 Å². The van der Waals surface area contributed by atoms with Crippen LogP contribution < -0.4 is 5.32 Å². The summed E-state index contributed by atoms with van der Waals surface area (Å²) in [4.78, 5) is 4.59. The summed E-state index contributed by atoms with van der Waals surface area (Å²) >= 11 is 3.51. The van der Waals surface area contributed by atoms with E-state index < -0.39 is 0 Å². The van der Waals surface area contributed by atoms with Crippen LogP contribution in [0.1, 0.15) is 37.2 Å². The van der Waals surface area contributed by atoms with Gasteiger partial charge in [0.15, 0.2) is 0 Å². The van der Waals surface area contributed by atoms with Crippen LogP contribution >= 0.6 is 15.9 Å². The summed E-state index contributed by atoms with van der Waals surface area (Å²) in [5.74, 6) is 0.879. The summed E-state index contributed by atoms with van der Waals surface area (Å²) < 4.78 is 8.46. The Hall–Kier alpha value is -1.33. The molecule has 1 N–H and O–H groups in total. The fourth-order valence-electron chi connectivity index (χ4n) is 2.33. The Morgan fingerprint density at radius 3 is 2.81 bits per heavy atom. The highest BCUT2D eigenvalue weighted by molar-refractivity contribution is 9.10. The van der Waals surface area contributed by atoms with Crippen LogP contribution in [0.2, 0.25) is 0 Å². The molecule has 0 aliphatic carbocycles. The van der Waals surface area contributed by atoms with Gasteiger partial charge in [0.1, 0.15) is 0 Å². The SMILES string of the molecule is COCC(C)n1cc(C)nc1NC(C)c1cccc(Br)c1. The molecule has 2 rings (SSSR count). The minimum absolute atomic E-state index is 0.179. The maximum atomic E-state index is 5.25. The van der Waals surface area contributed by atoms with Crippen LogP contribution in [0.3, 0.4) is 0 Å². The Labute approximate surface area is 134 Å². The molecule has 2 aromatic rings. The molecule has 0 saturated heterocycles. The molecule has 0 spiro atoms. The second-order valence-electron chi connectivity index (χ2n) is 5.34. The number of imidazole rings is 1. The van der Waals surface area contributed by atoms with E-state index in [4.69, 9.17) is 4.74 Å². The van der Waals surface area contributed by atoms with Crippen molar-refractivity contribution in [2.45, 2.75) is 32.9 Å². The van der Waals surface area contributed by atoms with E-state index in [1.54, 1.807) is 7.11 Å². The lowest BCUT2D eigenvalue weighted by molar-refractivity contribution is 0.163. The number of hydrogen-bond donors (Lipinski definition) is 1. The summed E-state index contributed by atoms with van der Waals surface area (Å²) in [6.07, 6.45) is 2.06. The molecule has 1 heterocycles. The third-order valence-corrected chi connectivity index (χ3v) is 3.92. The van der Waals surface area contributed by atoms with Crippen molar-refractivity contribution in [3.63, 3.8) is 0 Å². The van der Waals surface area contributed by atoms with E-state index in [2.05, 4.69) is 63.0 Å². The Kier molecular flexibility index (Phi) is 5.42. The third-order valence-electron chi connectivity index (χ3n) is 3.43. The number of hydrogen-bond acceptors (Lipinski definition) is 3. The second-order valence-corrected chi connectivity index (χ2v) is 6.25. The van der Waals surface area contributed by atoms with Gasteiger partial charge in [-0.3, -0.25) is 0 Å². The number of nitrogens with one attached hydrogen (secondary N) is 1. The average Bonchev–Trinajstić information content (AvgIpc) is 2.80. The molecule has 21 heavy (non-hydrogen) atoms. The average molecular weight is 352 g/mol. The van der Waals surface area contributed by atoms with Gasteiger partial charge in [-0.25, -0.2) is 4.98 Å². The van der Waals surface area contributed by atoms with Crippen molar-refractivity contribution in [1.29, 1.82) is 0 Å². The van der Waals surface area contributed by atoms with E-state index in [9.17, 15) is 0 Å². The lowest BCUT2D eigenvalue weighted by atomic mass is 10.1. The molecule has 0 saturated carbocycles. The van der Waals surface area contributed by atoms with Crippen molar-refractivity contribution in [3.05, 3.63) is 46.2 Å². The zero-order valence-corrected chi connectivity index (χ0v) is 14.5. The zero-order chi connectivity index (χ0) is 15.4. The standard InChI is InChI=1S/C16H22BrN3O/c1-11-9-20(12(2)10-21-4)16(18-11)19-13(3)14-6-5-7-15(17)8-14/h5-9,12-13H,10H2,1-4H3,(H,18,19). The fraction of sp³-hybridized carbons (Fsp3) is 0.438. The molecule has 5 heteroatoms. The van der Waals surface area contributed by atoms with Crippen molar-refractivity contribution in [2.24, 2.45) is 0 Å². The molecule has 114 valence electrons. The maximum Gasteiger partial charge on any atom is 0.203 e. The van der Waals surface area contributed by atoms with E-state index in [1.807, 2.05) is 19.1 Å². The van der Waals surface area contributed by atoms with Gasteiger partial charge in [-0.1, -0.05) is 28.1 Å². The molecule has 2 atom stereocenters. The Morgan fingerprint density at radius 2 is 2.14 bits per heavy atom. The lowest BCUT2D eigenvalue weighted by Gasteiger charge is -2.20. The molecular formula is C16H22BrN3O. The van der Waals surface area contributed by atoms with Gasteiger partial charge in [0.25, 0.3) is 0 Å². The van der Waals surface area contributed by atoms with Gasteiger partial charge in [0, 0.05) is 17.8 Å². The first-order valence-corrected chi connectivity index (χ1v) is 7.87. The van der Waals surface area contributed by atoms with Gasteiger partial charge in [-0.05, 0) is 38.5 Å². The highest BCUT2D eigenvalue weighted by atomic mass is 79.9. The first kappa shape index (κ1) is 16.0. The molecule has 0 amide bonds. The Bertz CT molecular complexity index is 597. The molecule has 0 bridgehead atoms. The summed E-state index contributed by atoms with van der Waals surface area (Å²) in [5, 5.41) is 3.49. The first-order chi connectivity index (χ1) is 10.0. The van der Waals surface area contributed by atoms with Crippen molar-refractivity contribution >= 4 is 21.9 Å². The number of anilines is 1. The Balaban J connectivity index is 2.19. The normalized spacial score (nSPS) is 14.0. The van der Waals surface area contributed by atoms with Gasteiger partial charge >= 0.3 is 0 Å². The largest absolute Gasteiger partial charge is 0.383 e. The summed E-state index contributed by atoms with van der Waals surface area (Å²) in [6, 6.07) is 8.73. The zero-order valence-electron chi connectivity index (χ0n) is 12.9. The molecule has 2 unspecified atom stereocenters. The van der Waals surface area contributed by atoms with E-state index in [0.717, 1.165) is 16.1 Å². The molecule has 0 radical (unpaired) electrons. The highest BCUT2D eigenvalue weighted by Gasteiger charge is 2.14. The quantitative estimate of drug-likeness (QED) is 0.841. The monoisotopic (exact) mass is 351 g/mol. The molecule has 1 aromatic heterocycles. The van der Waals surface area contributed by atoms with Gasteiger partial charge in [-0.2, -0.15) is 0 Å². The smallest absolute Gasteiger partial charge is 0.203 e. The number of nitrogens with zero attached hydrogens (tertiary/aromatic N) is 2. The van der Waals surface area contributed by atoms with Crippen LogP contribution in [0.25, 0.3) is 0 Å². The van der Waals surface area contributed by atoms with E-state index in [1.165, 1.54) is 5.56 Å². The highest BCUT2D eigenvalue weighted by Crippen LogP contribution is 2.23. The van der Waals surface area contributed by atoms with Crippen LogP contribution in [0, 0.1) is 6.92 Å². The predicted molar refractivity (Wildman–Crippen MR) is 89.7 cm³/mol. The minimum Gasteiger partial charge on any atom is -0.383 e. The molecule has 0 aliphatic heterocycles. The Morgan fingerprint density at radius 1 is 1.38 bits per heavy atom. The molecule has 1 aromatic carbocycles. The summed E-state index contributed by atoms with van der Waals surface area (Å²) in [6.45, 7) is 6.93. The third kappa shape index (κ3) is 4.08. The van der Waals surface area contributed by atoms with Crippen LogP contribution in [-0.2, 0) is 4.74 Å². The number of aryl methyl sites for hydroxylation is 1. The van der Waals surface area contributed by atoms with Gasteiger partial charge in [0.05, 0.1) is 24.4 Å². The number of benzene rings is 1. The van der Waals surface area contributed by atoms with E-state index in [-0.39, 0.29) is 12.1 Å². The lowest BCUT2D eigenvalue weighted by Crippen LogP contribution is -2.16. The topological polar surface area (TPSA) is 39.1 Å². The van der Waals surface area contributed by atoms with Crippen LogP contribution in [0.15, 0.2) is 34.9 Å². The molecule has 4 nitrogen and oxygen atoms in total. The fourth-order valence-corrected chi connectivity index (χ4v) is 2.75. The van der Waals surface area contributed by atoms with Crippen molar-refractivity contribution in [2.75, 3.05) is 19.0 Å². The van der Waals surface area contributed by atoms with Gasteiger partial charge < -0.3 is 14.6 Å². The van der Waals surface area contributed by atoms with E-state index >= 15 is 0 Å². The summed E-state index contributed by atoms with van der Waals surface area (Å²) in [7, 11) is 1.72. The van der Waals surface area contributed by atoms with Crippen LogP contribution in [0.5, 0.6) is 0 Å². The second kappa shape index (κ2) is 7.09. The van der Waals surface area contributed by atoms with Crippen molar-refractivity contribution < 1.29 is 4.74 Å². The predicted octanol–water partition coefficient (Wildman–Crippen LogP) is 4.33. The minimum atomic E-state index is 0.179. The van der Waals surface area contributed by atoms with Crippen molar-refractivity contribution in [1.82, 2.24) is 9.55 Å². The molecule has 0 fully saturated rings. The summed E-state index contributed by atoms with van der Waals surface area (Å²) in [5.41, 5.74) is 2.22. The number of methoxy groups -OCH3 is 1. The molecular weight excluding hydrogens is 330 g/mol.